The van der Waals surface area contributed by atoms with E-state index in [1.54, 1.807) is 6.20 Å². The van der Waals surface area contributed by atoms with E-state index in [0.717, 1.165) is 41.7 Å². The highest BCUT2D eigenvalue weighted by molar-refractivity contribution is 6.03. The van der Waals surface area contributed by atoms with Gasteiger partial charge in [-0.3, -0.25) is 9.59 Å². The molecule has 1 heterocycles. The number of carbonyl (C=O) groups is 2. The number of aromatic amines is 1. The summed E-state index contributed by atoms with van der Waals surface area (Å²) in [4.78, 5) is 31.2. The molecule has 1 saturated carbocycles. The number of carbonyl (C=O) groups excluding carboxylic acids is 1. The molecule has 2 aliphatic rings. The number of imidazole rings is 1. The van der Waals surface area contributed by atoms with Crippen molar-refractivity contribution in [1.29, 1.82) is 0 Å². The molecule has 0 atom stereocenters. The van der Waals surface area contributed by atoms with Gasteiger partial charge >= 0.3 is 5.97 Å². The van der Waals surface area contributed by atoms with Gasteiger partial charge in [-0.05, 0) is 80.6 Å². The number of aliphatic hydroxyl groups is 1. The first-order valence-electron chi connectivity index (χ1n) is 11.7. The zero-order valence-electron chi connectivity index (χ0n) is 19.6. The number of benzene rings is 1. The topological polar surface area (TPSA) is 115 Å². The Hall–Kier alpha value is -2.93. The zero-order valence-corrected chi connectivity index (χ0v) is 19.6. The minimum absolute atomic E-state index is 0.240. The van der Waals surface area contributed by atoms with Gasteiger partial charge < -0.3 is 20.5 Å². The van der Waals surface area contributed by atoms with E-state index >= 15 is 0 Å². The van der Waals surface area contributed by atoms with Gasteiger partial charge in [0.15, 0.2) is 5.82 Å². The first-order valence-corrected chi connectivity index (χ1v) is 11.7. The van der Waals surface area contributed by atoms with Gasteiger partial charge in [0.2, 0.25) is 0 Å². The van der Waals surface area contributed by atoms with Crippen LogP contribution in [-0.2, 0) is 10.4 Å². The van der Waals surface area contributed by atoms with Crippen molar-refractivity contribution >= 4 is 23.1 Å². The normalized spacial score (nSPS) is 24.7. The van der Waals surface area contributed by atoms with E-state index in [-0.39, 0.29) is 17.1 Å². The maximum atomic E-state index is 12.8. The minimum atomic E-state index is -1.06. The van der Waals surface area contributed by atoms with Gasteiger partial charge in [0, 0.05) is 23.1 Å². The molecule has 0 unspecified atom stereocenters. The number of rotatable bonds is 5. The highest BCUT2D eigenvalue weighted by Crippen LogP contribution is 2.44. The largest absolute Gasteiger partial charge is 0.481 e. The Morgan fingerprint density at radius 2 is 1.91 bits per heavy atom. The fraction of sp³-hybridized carbons (Fsp3) is 0.500. The molecule has 0 spiro atoms. The van der Waals surface area contributed by atoms with Gasteiger partial charge in [-0.1, -0.05) is 26.0 Å². The number of hydrogen-bond acceptors (Lipinski definition) is 4. The number of allylic oxidation sites excluding steroid dienone is 2. The number of H-pyrrole nitrogens is 1. The standard InChI is InChI=1S/C26H33N3O4/c1-16-15-27-22(28-16)23(30)29-21-5-4-19(26(33)12-8-18(9-13-26)24(31)32)14-20(21)17-6-10-25(2,3)11-7-17/h4-6,14-15,18,33H,7-13H2,1-3H3,(H,27,28)(H,29,30)(H,31,32). The molecule has 0 bridgehead atoms. The quantitative estimate of drug-likeness (QED) is 0.509. The van der Waals surface area contributed by atoms with Crippen LogP contribution in [0, 0.1) is 18.3 Å². The molecule has 2 aliphatic carbocycles. The summed E-state index contributed by atoms with van der Waals surface area (Å²) >= 11 is 0. The Morgan fingerprint density at radius 3 is 2.48 bits per heavy atom. The number of aliphatic carboxylic acids is 1. The smallest absolute Gasteiger partial charge is 0.306 e. The highest BCUT2D eigenvalue weighted by atomic mass is 16.4. The summed E-state index contributed by atoms with van der Waals surface area (Å²) in [5.74, 6) is -1.25. The molecule has 2 aromatic rings. The summed E-state index contributed by atoms with van der Waals surface area (Å²) in [6.07, 6.45) is 8.45. The monoisotopic (exact) mass is 451 g/mol. The van der Waals surface area contributed by atoms with Crippen molar-refractivity contribution in [3.8, 4) is 0 Å². The maximum absolute atomic E-state index is 12.8. The highest BCUT2D eigenvalue weighted by Gasteiger charge is 2.37. The third kappa shape index (κ3) is 5.03. The van der Waals surface area contributed by atoms with E-state index in [2.05, 4.69) is 35.2 Å². The van der Waals surface area contributed by atoms with Crippen LogP contribution in [0.4, 0.5) is 5.69 Å². The summed E-state index contributed by atoms with van der Waals surface area (Å²) in [6, 6.07) is 5.68. The lowest BCUT2D eigenvalue weighted by molar-refractivity contribution is -0.145. The van der Waals surface area contributed by atoms with Gasteiger partial charge in [-0.25, -0.2) is 4.98 Å². The molecular formula is C26H33N3O4. The number of aromatic nitrogens is 2. The molecule has 7 heteroatoms. The summed E-state index contributed by atoms with van der Waals surface area (Å²) in [5.41, 5.74) is 3.52. The van der Waals surface area contributed by atoms with E-state index in [9.17, 15) is 19.8 Å². The summed E-state index contributed by atoms with van der Waals surface area (Å²) in [6.45, 7) is 6.35. The first-order chi connectivity index (χ1) is 15.6. The fourth-order valence-corrected chi connectivity index (χ4v) is 4.87. The summed E-state index contributed by atoms with van der Waals surface area (Å²) < 4.78 is 0. The molecule has 33 heavy (non-hydrogen) atoms. The first kappa shape index (κ1) is 23.2. The SMILES string of the molecule is Cc1cnc(C(=O)Nc2ccc(C3(O)CCC(C(=O)O)CC3)cc2C2=CCC(C)(C)CC2)[nH]1. The molecule has 0 radical (unpaired) electrons. The van der Waals surface area contributed by atoms with Gasteiger partial charge in [-0.2, -0.15) is 0 Å². The van der Waals surface area contributed by atoms with Crippen molar-refractivity contribution in [3.05, 3.63) is 53.1 Å². The number of carboxylic acid groups (broad SMARTS) is 1. The number of nitrogens with one attached hydrogen (secondary N) is 2. The fourth-order valence-electron chi connectivity index (χ4n) is 4.87. The molecule has 0 aliphatic heterocycles. The van der Waals surface area contributed by atoms with Crippen LogP contribution in [-0.4, -0.2) is 32.1 Å². The van der Waals surface area contributed by atoms with Gasteiger partial charge in [0.25, 0.3) is 5.91 Å². The second kappa shape index (κ2) is 8.78. The third-order valence-corrected chi connectivity index (χ3v) is 7.20. The molecule has 1 amide bonds. The zero-order chi connectivity index (χ0) is 23.8. The molecule has 1 aromatic heterocycles. The van der Waals surface area contributed by atoms with E-state index in [1.807, 2.05) is 25.1 Å². The van der Waals surface area contributed by atoms with Crippen LogP contribution in [0.25, 0.3) is 5.57 Å². The van der Waals surface area contributed by atoms with Crippen LogP contribution in [0.5, 0.6) is 0 Å². The van der Waals surface area contributed by atoms with Gasteiger partial charge in [-0.15, -0.1) is 0 Å². The minimum Gasteiger partial charge on any atom is -0.481 e. The van der Waals surface area contributed by atoms with Crippen LogP contribution in [0.1, 0.15) is 86.2 Å². The number of nitrogens with zero attached hydrogens (tertiary/aromatic N) is 1. The van der Waals surface area contributed by atoms with E-state index < -0.39 is 17.5 Å². The van der Waals surface area contributed by atoms with Gasteiger partial charge in [0.1, 0.15) is 0 Å². The van der Waals surface area contributed by atoms with Crippen molar-refractivity contribution in [1.82, 2.24) is 9.97 Å². The number of anilines is 1. The number of aryl methyl sites for hydroxylation is 1. The Bertz CT molecular complexity index is 1090. The van der Waals surface area contributed by atoms with E-state index in [1.165, 1.54) is 0 Å². The summed E-state index contributed by atoms with van der Waals surface area (Å²) in [5, 5.41) is 23.7. The van der Waals surface area contributed by atoms with Crippen molar-refractivity contribution in [3.63, 3.8) is 0 Å². The second-order valence-electron chi connectivity index (χ2n) is 10.4. The predicted molar refractivity (Wildman–Crippen MR) is 127 cm³/mol. The second-order valence-corrected chi connectivity index (χ2v) is 10.4. The lowest BCUT2D eigenvalue weighted by Crippen LogP contribution is -2.34. The lowest BCUT2D eigenvalue weighted by atomic mass is 9.73. The van der Waals surface area contributed by atoms with Crippen molar-refractivity contribution < 1.29 is 19.8 Å². The number of carboxylic acids is 1. The van der Waals surface area contributed by atoms with Crippen LogP contribution < -0.4 is 5.32 Å². The molecule has 176 valence electrons. The summed E-state index contributed by atoms with van der Waals surface area (Å²) in [7, 11) is 0. The Kier molecular flexibility index (Phi) is 6.18. The molecule has 1 aromatic carbocycles. The molecule has 4 rings (SSSR count). The average molecular weight is 452 g/mol. The van der Waals surface area contributed by atoms with Crippen molar-refractivity contribution in [2.45, 2.75) is 71.3 Å². The Morgan fingerprint density at radius 1 is 1.18 bits per heavy atom. The Labute approximate surface area is 194 Å². The van der Waals surface area contributed by atoms with Gasteiger partial charge in [0.05, 0.1) is 11.5 Å². The molecule has 0 saturated heterocycles. The van der Waals surface area contributed by atoms with Crippen LogP contribution in [0.3, 0.4) is 0 Å². The predicted octanol–water partition coefficient (Wildman–Crippen LogP) is 5.03. The van der Waals surface area contributed by atoms with Crippen LogP contribution >= 0.6 is 0 Å². The molecule has 4 N–H and O–H groups in total. The van der Waals surface area contributed by atoms with Crippen LogP contribution in [0.2, 0.25) is 0 Å². The van der Waals surface area contributed by atoms with E-state index in [4.69, 9.17) is 0 Å². The maximum Gasteiger partial charge on any atom is 0.306 e. The lowest BCUT2D eigenvalue weighted by Gasteiger charge is -2.36. The average Bonchev–Trinajstić information content (AvgIpc) is 3.21. The molecule has 1 fully saturated rings. The Balaban J connectivity index is 1.66. The number of hydrogen-bond donors (Lipinski definition) is 4. The number of amides is 1. The van der Waals surface area contributed by atoms with Crippen molar-refractivity contribution in [2.75, 3.05) is 5.32 Å². The third-order valence-electron chi connectivity index (χ3n) is 7.20. The van der Waals surface area contributed by atoms with Crippen molar-refractivity contribution in [2.24, 2.45) is 11.3 Å². The molecular weight excluding hydrogens is 418 g/mol. The van der Waals surface area contributed by atoms with E-state index in [0.29, 0.717) is 31.4 Å². The van der Waals surface area contributed by atoms with Crippen LogP contribution in [0.15, 0.2) is 30.5 Å². The molecule has 7 nitrogen and oxygen atoms in total.